The van der Waals surface area contributed by atoms with E-state index < -0.39 is 6.10 Å². The van der Waals surface area contributed by atoms with Crippen LogP contribution in [0, 0.1) is 6.92 Å². The van der Waals surface area contributed by atoms with Crippen LogP contribution in [-0.4, -0.2) is 60.5 Å². The Morgan fingerprint density at radius 2 is 1.92 bits per heavy atom. The van der Waals surface area contributed by atoms with Gasteiger partial charge < -0.3 is 36.5 Å². The lowest BCUT2D eigenvalue weighted by atomic mass is 9.99. The molecule has 8 N–H and O–H groups in total. The fourth-order valence-corrected chi connectivity index (χ4v) is 3.90. The Hall–Kier alpha value is -2.74. The number of halogens is 2. The molecule has 1 aliphatic heterocycles. The molecule has 4 rings (SSSR count). The molecular weight excluding hydrogens is 570 g/mol. The van der Waals surface area contributed by atoms with Gasteiger partial charge in [0.25, 0.3) is 5.91 Å². The maximum Gasteiger partial charge on any atom is 0.262 e. The highest BCUT2D eigenvalue weighted by Gasteiger charge is 2.26. The van der Waals surface area contributed by atoms with Crippen LogP contribution in [0.1, 0.15) is 37.8 Å². The van der Waals surface area contributed by atoms with E-state index in [0.29, 0.717) is 34.4 Å². The van der Waals surface area contributed by atoms with Gasteiger partial charge in [0.05, 0.1) is 11.8 Å². The van der Waals surface area contributed by atoms with E-state index in [1.54, 1.807) is 0 Å². The van der Waals surface area contributed by atoms with Crippen LogP contribution in [0.3, 0.4) is 0 Å². The number of aromatic hydroxyl groups is 1. The SMILES string of the molecule is Br.Cc1nc(-c2ccc(Cl)cc2)nn1CCC(C)(C)NC[C@H](O)c1cc(O)cc2c1OCC(=O)N2.O.O. The number of β-amino-alcohol motifs (C(OH)–C–C–N with tert-alkyl or cyclic N) is 1. The standard InChI is InChI=1S/C24H28ClN5O4.BrH.2H2O/c1-14-27-23(15-4-6-16(25)7-5-15)29-30(14)9-8-24(2,3)26-12-20(32)18-10-17(31)11-19-22(18)34-13-21(33)28-19;;;/h4-7,10-11,20,26,31-32H,8-9,12-13H2,1-3H3,(H,28,33);1H;2*1H2/t20-;;;/m0.../s1. The molecule has 0 fully saturated rings. The number of aromatic nitrogens is 3. The van der Waals surface area contributed by atoms with E-state index in [9.17, 15) is 15.0 Å². The van der Waals surface area contributed by atoms with Gasteiger partial charge in [-0.05, 0) is 57.5 Å². The molecule has 1 atom stereocenters. The van der Waals surface area contributed by atoms with Gasteiger partial charge in [-0.15, -0.1) is 17.0 Å². The number of rotatable bonds is 8. The van der Waals surface area contributed by atoms with E-state index in [1.165, 1.54) is 12.1 Å². The zero-order valence-corrected chi connectivity index (χ0v) is 23.2. The molecule has 204 valence electrons. The third kappa shape index (κ3) is 7.87. The topological polar surface area (TPSA) is 185 Å². The average molecular weight is 603 g/mol. The minimum Gasteiger partial charge on any atom is -0.508 e. The van der Waals surface area contributed by atoms with E-state index in [-0.39, 0.29) is 58.3 Å². The fraction of sp³-hybridized carbons (Fsp3) is 0.375. The summed E-state index contributed by atoms with van der Waals surface area (Å²) in [6.07, 6.45) is -0.214. The second-order valence-electron chi connectivity index (χ2n) is 8.99. The number of nitrogens with zero attached hydrogens (tertiary/aromatic N) is 3. The van der Waals surface area contributed by atoms with Crippen molar-refractivity contribution in [3.63, 3.8) is 0 Å². The molecular formula is C24H33BrClN5O6. The van der Waals surface area contributed by atoms with Crippen LogP contribution in [0.5, 0.6) is 11.5 Å². The third-order valence-corrected chi connectivity index (χ3v) is 6.02. The van der Waals surface area contributed by atoms with Gasteiger partial charge >= 0.3 is 0 Å². The van der Waals surface area contributed by atoms with Crippen molar-refractivity contribution in [1.29, 1.82) is 0 Å². The van der Waals surface area contributed by atoms with Crippen molar-refractivity contribution in [3.05, 3.63) is 52.8 Å². The van der Waals surface area contributed by atoms with Crippen LogP contribution in [0.2, 0.25) is 5.02 Å². The van der Waals surface area contributed by atoms with Crippen LogP contribution in [-0.2, 0) is 11.3 Å². The summed E-state index contributed by atoms with van der Waals surface area (Å²) < 4.78 is 7.37. The smallest absolute Gasteiger partial charge is 0.262 e. The Labute approximate surface area is 230 Å². The first-order chi connectivity index (χ1) is 16.1. The molecule has 0 spiro atoms. The first kappa shape index (κ1) is 32.3. The van der Waals surface area contributed by atoms with Gasteiger partial charge in [-0.25, -0.2) is 9.67 Å². The van der Waals surface area contributed by atoms with Gasteiger partial charge in [-0.3, -0.25) is 4.79 Å². The summed E-state index contributed by atoms with van der Waals surface area (Å²) in [5.41, 5.74) is 1.34. The molecule has 0 saturated heterocycles. The number of amides is 1. The van der Waals surface area contributed by atoms with Crippen molar-refractivity contribution in [2.45, 2.75) is 45.4 Å². The van der Waals surface area contributed by atoms with E-state index in [2.05, 4.69) is 20.7 Å². The number of aliphatic hydroxyl groups excluding tert-OH is 1. The number of anilines is 1. The maximum atomic E-state index is 11.6. The highest BCUT2D eigenvalue weighted by atomic mass is 79.9. The summed E-state index contributed by atoms with van der Waals surface area (Å²) in [6, 6.07) is 10.3. The maximum absolute atomic E-state index is 11.6. The number of phenolic OH excluding ortho intramolecular Hbond substituents is 1. The Bertz CT molecular complexity index is 1210. The summed E-state index contributed by atoms with van der Waals surface area (Å²) in [7, 11) is 0. The summed E-state index contributed by atoms with van der Waals surface area (Å²) in [6.45, 7) is 6.74. The van der Waals surface area contributed by atoms with E-state index in [1.807, 2.05) is 49.7 Å². The van der Waals surface area contributed by atoms with Crippen LogP contribution in [0.15, 0.2) is 36.4 Å². The Morgan fingerprint density at radius 1 is 1.24 bits per heavy atom. The summed E-state index contributed by atoms with van der Waals surface area (Å²) in [4.78, 5) is 16.1. The number of aliphatic hydroxyl groups is 1. The largest absolute Gasteiger partial charge is 0.508 e. The molecule has 3 aromatic rings. The molecule has 2 aromatic carbocycles. The molecule has 13 heteroatoms. The van der Waals surface area contributed by atoms with Crippen LogP contribution >= 0.6 is 28.6 Å². The van der Waals surface area contributed by atoms with Gasteiger partial charge in [0.15, 0.2) is 12.4 Å². The lowest BCUT2D eigenvalue weighted by Gasteiger charge is -2.29. The molecule has 0 saturated carbocycles. The van der Waals surface area contributed by atoms with Crippen LogP contribution in [0.25, 0.3) is 11.4 Å². The van der Waals surface area contributed by atoms with E-state index in [4.69, 9.17) is 16.3 Å². The monoisotopic (exact) mass is 601 g/mol. The number of hydrogen-bond donors (Lipinski definition) is 4. The van der Waals surface area contributed by atoms with Crippen molar-refractivity contribution in [2.24, 2.45) is 0 Å². The zero-order valence-electron chi connectivity index (χ0n) is 20.7. The predicted octanol–water partition coefficient (Wildman–Crippen LogP) is 2.36. The van der Waals surface area contributed by atoms with Crippen molar-refractivity contribution >= 4 is 40.2 Å². The summed E-state index contributed by atoms with van der Waals surface area (Å²) in [5.74, 6) is 1.47. The third-order valence-electron chi connectivity index (χ3n) is 5.76. The van der Waals surface area contributed by atoms with Gasteiger partial charge in [0.1, 0.15) is 17.3 Å². The molecule has 2 heterocycles. The summed E-state index contributed by atoms with van der Waals surface area (Å²) in [5, 5.41) is 32.1. The molecule has 1 aromatic heterocycles. The van der Waals surface area contributed by atoms with Gasteiger partial charge in [0.2, 0.25) is 0 Å². The number of aryl methyl sites for hydroxylation is 2. The normalized spacial score (nSPS) is 13.2. The second kappa shape index (κ2) is 13.2. The number of nitrogens with one attached hydrogen (secondary N) is 2. The number of phenols is 1. The zero-order chi connectivity index (χ0) is 24.5. The molecule has 0 aliphatic carbocycles. The van der Waals surface area contributed by atoms with E-state index >= 15 is 0 Å². The second-order valence-corrected chi connectivity index (χ2v) is 9.43. The van der Waals surface area contributed by atoms with Crippen molar-refractivity contribution in [1.82, 2.24) is 20.1 Å². The molecule has 37 heavy (non-hydrogen) atoms. The number of carbonyl (C=O) groups excluding carboxylic acids is 1. The highest BCUT2D eigenvalue weighted by molar-refractivity contribution is 8.93. The van der Waals surface area contributed by atoms with Crippen LogP contribution in [0.4, 0.5) is 5.69 Å². The molecule has 11 nitrogen and oxygen atoms in total. The summed E-state index contributed by atoms with van der Waals surface area (Å²) >= 11 is 5.97. The van der Waals surface area contributed by atoms with E-state index in [0.717, 1.165) is 17.8 Å². The van der Waals surface area contributed by atoms with Gasteiger partial charge in [-0.2, -0.15) is 5.10 Å². The number of ether oxygens (including phenoxy) is 1. The van der Waals surface area contributed by atoms with Gasteiger partial charge in [0, 0.05) is 40.8 Å². The van der Waals surface area contributed by atoms with Crippen molar-refractivity contribution in [2.75, 3.05) is 18.5 Å². The number of carbonyl (C=O) groups is 1. The molecule has 0 radical (unpaired) electrons. The Balaban J connectivity index is 0.00000228. The molecule has 0 unspecified atom stereocenters. The molecule has 0 bridgehead atoms. The van der Waals surface area contributed by atoms with Crippen molar-refractivity contribution < 1.29 is 30.7 Å². The quantitative estimate of drug-likeness (QED) is 0.305. The number of benzene rings is 2. The lowest BCUT2D eigenvalue weighted by Crippen LogP contribution is -2.42. The Morgan fingerprint density at radius 3 is 2.59 bits per heavy atom. The highest BCUT2D eigenvalue weighted by Crippen LogP contribution is 2.38. The minimum atomic E-state index is -0.945. The number of fused-ring (bicyclic) bond motifs is 1. The number of hydrogen-bond acceptors (Lipinski definition) is 7. The molecule has 1 aliphatic rings. The first-order valence-corrected chi connectivity index (χ1v) is 11.4. The first-order valence-electron chi connectivity index (χ1n) is 11.0. The van der Waals surface area contributed by atoms with Gasteiger partial charge in [-0.1, -0.05) is 11.6 Å². The average Bonchev–Trinajstić information content (AvgIpc) is 3.16. The van der Waals surface area contributed by atoms with Crippen LogP contribution < -0.4 is 15.4 Å². The lowest BCUT2D eigenvalue weighted by molar-refractivity contribution is -0.118. The fourth-order valence-electron chi connectivity index (χ4n) is 3.77. The Kier molecular flexibility index (Phi) is 11.5. The predicted molar refractivity (Wildman–Crippen MR) is 147 cm³/mol. The van der Waals surface area contributed by atoms with Crippen molar-refractivity contribution in [3.8, 4) is 22.9 Å². The molecule has 1 amide bonds. The minimum absolute atomic E-state index is 0.